The van der Waals surface area contributed by atoms with Crippen molar-refractivity contribution in [2.24, 2.45) is 5.92 Å². The number of carbonyl (C=O) groups is 2. The number of hydrogen-bond donors (Lipinski definition) is 4. The topological polar surface area (TPSA) is 98.7 Å². The van der Waals surface area contributed by atoms with Crippen molar-refractivity contribution < 1.29 is 19.8 Å². The Bertz CT molecular complexity index is 383. The predicted octanol–water partition coefficient (Wildman–Crippen LogP) is 1.62. The summed E-state index contributed by atoms with van der Waals surface area (Å²) in [7, 11) is 0. The molecule has 6 heteroatoms. The molecule has 2 amide bonds. The van der Waals surface area contributed by atoms with Gasteiger partial charge in [0.2, 0.25) is 0 Å². The van der Waals surface area contributed by atoms with Crippen LogP contribution in [0.25, 0.3) is 0 Å². The number of rotatable bonds is 3. The zero-order chi connectivity index (χ0) is 15.5. The van der Waals surface area contributed by atoms with E-state index in [1.165, 1.54) is 0 Å². The average molecular weight is 298 g/mol. The molecule has 0 aromatic carbocycles. The standard InChI is InChI=1S/C15H26N2O4/c1-10-6-8-15(9-7-10,13(19)20)17-14(21)16-11-2-4-12(18)5-3-11/h10-12,18H,2-9H2,1H3,(H,19,20)(H2,16,17,21). The van der Waals surface area contributed by atoms with Crippen LogP contribution in [0.3, 0.4) is 0 Å². The number of hydrogen-bond acceptors (Lipinski definition) is 3. The van der Waals surface area contributed by atoms with Gasteiger partial charge in [0.15, 0.2) is 0 Å². The van der Waals surface area contributed by atoms with Crippen molar-refractivity contribution in [3.8, 4) is 0 Å². The Balaban J connectivity index is 1.88. The fourth-order valence-electron chi connectivity index (χ4n) is 3.31. The van der Waals surface area contributed by atoms with Gasteiger partial charge in [-0.3, -0.25) is 0 Å². The fourth-order valence-corrected chi connectivity index (χ4v) is 3.31. The van der Waals surface area contributed by atoms with Crippen molar-refractivity contribution >= 4 is 12.0 Å². The number of amides is 2. The molecule has 4 N–H and O–H groups in total. The first-order valence-corrected chi connectivity index (χ1v) is 7.91. The number of aliphatic hydroxyl groups is 1. The first-order chi connectivity index (χ1) is 9.91. The van der Waals surface area contributed by atoms with Gasteiger partial charge in [-0.25, -0.2) is 9.59 Å². The second kappa shape index (κ2) is 6.64. The van der Waals surface area contributed by atoms with E-state index in [1.807, 2.05) is 0 Å². The molecule has 0 aromatic rings. The van der Waals surface area contributed by atoms with E-state index in [0.717, 1.165) is 25.7 Å². The Morgan fingerprint density at radius 2 is 1.62 bits per heavy atom. The Morgan fingerprint density at radius 3 is 2.14 bits per heavy atom. The van der Waals surface area contributed by atoms with Gasteiger partial charge in [-0.15, -0.1) is 0 Å². The molecule has 0 bridgehead atoms. The number of aliphatic hydroxyl groups excluding tert-OH is 1. The minimum absolute atomic E-state index is 0.0294. The molecule has 2 aliphatic rings. The van der Waals surface area contributed by atoms with E-state index in [4.69, 9.17) is 0 Å². The molecule has 2 saturated carbocycles. The second-order valence-electron chi connectivity index (χ2n) is 6.67. The zero-order valence-corrected chi connectivity index (χ0v) is 12.6. The smallest absolute Gasteiger partial charge is 0.329 e. The maximum Gasteiger partial charge on any atom is 0.329 e. The summed E-state index contributed by atoms with van der Waals surface area (Å²) in [5.74, 6) is -0.425. The number of carboxylic acids is 1. The first kappa shape index (κ1) is 16.1. The van der Waals surface area contributed by atoms with Gasteiger partial charge < -0.3 is 20.8 Å². The van der Waals surface area contributed by atoms with E-state index < -0.39 is 17.5 Å². The summed E-state index contributed by atoms with van der Waals surface area (Å²) in [6.07, 6.45) is 5.21. The molecule has 0 saturated heterocycles. The van der Waals surface area contributed by atoms with Gasteiger partial charge in [0, 0.05) is 6.04 Å². The van der Waals surface area contributed by atoms with E-state index in [-0.39, 0.29) is 12.1 Å². The van der Waals surface area contributed by atoms with E-state index in [1.54, 1.807) is 0 Å². The van der Waals surface area contributed by atoms with E-state index >= 15 is 0 Å². The van der Waals surface area contributed by atoms with Crippen LogP contribution in [0.1, 0.15) is 58.3 Å². The summed E-state index contributed by atoms with van der Waals surface area (Å²) >= 11 is 0. The highest BCUT2D eigenvalue weighted by molar-refractivity contribution is 5.86. The quantitative estimate of drug-likeness (QED) is 0.636. The fraction of sp³-hybridized carbons (Fsp3) is 0.867. The average Bonchev–Trinajstić information content (AvgIpc) is 2.44. The molecule has 0 atom stereocenters. The minimum atomic E-state index is -1.12. The van der Waals surface area contributed by atoms with Crippen LogP contribution in [0, 0.1) is 5.92 Å². The summed E-state index contributed by atoms with van der Waals surface area (Å²) in [4.78, 5) is 23.7. The van der Waals surface area contributed by atoms with Crippen molar-refractivity contribution in [1.82, 2.24) is 10.6 Å². The lowest BCUT2D eigenvalue weighted by Crippen LogP contribution is -2.59. The number of carboxylic acid groups (broad SMARTS) is 1. The third-order valence-corrected chi connectivity index (χ3v) is 4.92. The van der Waals surface area contributed by atoms with Gasteiger partial charge in [0.1, 0.15) is 5.54 Å². The summed E-state index contributed by atoms with van der Waals surface area (Å²) < 4.78 is 0. The highest BCUT2D eigenvalue weighted by atomic mass is 16.4. The maximum absolute atomic E-state index is 12.1. The Hall–Kier alpha value is -1.30. The second-order valence-corrected chi connectivity index (χ2v) is 6.67. The summed E-state index contributed by atoms with van der Waals surface area (Å²) in [6.45, 7) is 2.11. The molecular weight excluding hydrogens is 272 g/mol. The lowest BCUT2D eigenvalue weighted by Gasteiger charge is -2.37. The first-order valence-electron chi connectivity index (χ1n) is 7.91. The molecule has 0 aromatic heterocycles. The molecule has 120 valence electrons. The van der Waals surface area contributed by atoms with E-state index in [2.05, 4.69) is 17.6 Å². The molecule has 0 spiro atoms. The van der Waals surface area contributed by atoms with Gasteiger partial charge in [-0.2, -0.15) is 0 Å². The van der Waals surface area contributed by atoms with Crippen LogP contribution in [0.4, 0.5) is 4.79 Å². The third kappa shape index (κ3) is 4.09. The van der Waals surface area contributed by atoms with Crippen LogP contribution in [0.2, 0.25) is 0 Å². The molecule has 2 rings (SSSR count). The number of carbonyl (C=O) groups excluding carboxylic acids is 1. The van der Waals surface area contributed by atoms with Gasteiger partial charge in [-0.1, -0.05) is 6.92 Å². The molecule has 0 aliphatic heterocycles. The zero-order valence-electron chi connectivity index (χ0n) is 12.6. The SMILES string of the molecule is CC1CCC(NC(=O)NC2CCC(O)CC2)(C(=O)O)CC1. The molecule has 0 heterocycles. The van der Waals surface area contributed by atoms with Gasteiger partial charge >= 0.3 is 12.0 Å². The normalized spacial score (nSPS) is 36.8. The van der Waals surface area contributed by atoms with E-state index in [0.29, 0.717) is 31.6 Å². The van der Waals surface area contributed by atoms with Crippen molar-refractivity contribution in [3.05, 3.63) is 0 Å². The molecule has 21 heavy (non-hydrogen) atoms. The van der Waals surface area contributed by atoms with Crippen molar-refractivity contribution in [2.75, 3.05) is 0 Å². The monoisotopic (exact) mass is 298 g/mol. The van der Waals surface area contributed by atoms with Crippen LogP contribution < -0.4 is 10.6 Å². The summed E-state index contributed by atoms with van der Waals surface area (Å²) in [5.41, 5.74) is -1.12. The van der Waals surface area contributed by atoms with Crippen LogP contribution >= 0.6 is 0 Å². The van der Waals surface area contributed by atoms with Gasteiger partial charge in [0.05, 0.1) is 6.10 Å². The molecule has 0 unspecified atom stereocenters. The molecule has 2 fully saturated rings. The number of nitrogens with one attached hydrogen (secondary N) is 2. The third-order valence-electron chi connectivity index (χ3n) is 4.92. The van der Waals surface area contributed by atoms with Crippen LogP contribution in [-0.2, 0) is 4.79 Å². The number of urea groups is 1. The van der Waals surface area contributed by atoms with Crippen molar-refractivity contribution in [3.63, 3.8) is 0 Å². The summed E-state index contributed by atoms with van der Waals surface area (Å²) in [5, 5.41) is 24.5. The summed E-state index contributed by atoms with van der Waals surface area (Å²) in [6, 6.07) is -0.366. The minimum Gasteiger partial charge on any atom is -0.480 e. The highest BCUT2D eigenvalue weighted by Crippen LogP contribution is 2.32. The molecule has 6 nitrogen and oxygen atoms in total. The van der Waals surface area contributed by atoms with Gasteiger partial charge in [-0.05, 0) is 57.3 Å². The van der Waals surface area contributed by atoms with Crippen molar-refractivity contribution in [2.45, 2.75) is 76.0 Å². The van der Waals surface area contributed by atoms with Crippen LogP contribution in [0.5, 0.6) is 0 Å². The predicted molar refractivity (Wildman–Crippen MR) is 77.9 cm³/mol. The van der Waals surface area contributed by atoms with Gasteiger partial charge in [0.25, 0.3) is 0 Å². The molecule has 2 aliphatic carbocycles. The lowest BCUT2D eigenvalue weighted by molar-refractivity contribution is -0.146. The van der Waals surface area contributed by atoms with Crippen LogP contribution in [0.15, 0.2) is 0 Å². The van der Waals surface area contributed by atoms with Crippen LogP contribution in [-0.4, -0.2) is 39.9 Å². The highest BCUT2D eigenvalue weighted by Gasteiger charge is 2.42. The van der Waals surface area contributed by atoms with Crippen molar-refractivity contribution in [1.29, 1.82) is 0 Å². The van der Waals surface area contributed by atoms with E-state index in [9.17, 15) is 19.8 Å². The molecule has 0 radical (unpaired) electrons. The number of aliphatic carboxylic acids is 1. The lowest BCUT2D eigenvalue weighted by atomic mass is 9.77. The Labute approximate surface area is 125 Å². The molecular formula is C15H26N2O4. The Kier molecular flexibility index (Phi) is 5.08. The Morgan fingerprint density at radius 1 is 1.05 bits per heavy atom. The largest absolute Gasteiger partial charge is 0.480 e. The maximum atomic E-state index is 12.1.